The Morgan fingerprint density at radius 3 is 2.48 bits per heavy atom. The van der Waals surface area contributed by atoms with Crippen molar-refractivity contribution < 1.29 is 4.79 Å². The highest BCUT2D eigenvalue weighted by atomic mass is 16.2. The van der Waals surface area contributed by atoms with Crippen LogP contribution in [0.5, 0.6) is 0 Å². The monoisotopic (exact) mass is 365 g/mol. The molecular formula is C21H27N5O. The standard InChI is InChI=1S/C21H27N5O/c1-15-4-6-18(7-5-15)26(20(22)19-8-11-23-14-16(19)2)21(27)24-17-9-12-25(3)13-10-17/h4-8,11,14,17,22H,9-10,12-13H2,1-3H3,(H,24,27). The van der Waals surface area contributed by atoms with Crippen LogP contribution in [0.2, 0.25) is 0 Å². The summed E-state index contributed by atoms with van der Waals surface area (Å²) in [5.41, 5.74) is 3.36. The molecule has 2 N–H and O–H groups in total. The molecule has 2 aromatic rings. The third kappa shape index (κ3) is 4.52. The number of pyridine rings is 1. The second kappa shape index (κ2) is 8.31. The first-order valence-electron chi connectivity index (χ1n) is 9.31. The maximum absolute atomic E-state index is 13.1. The summed E-state index contributed by atoms with van der Waals surface area (Å²) in [7, 11) is 2.10. The van der Waals surface area contributed by atoms with Crippen molar-refractivity contribution in [2.45, 2.75) is 32.7 Å². The summed E-state index contributed by atoms with van der Waals surface area (Å²) in [6.07, 6.45) is 5.21. The molecule has 1 fully saturated rings. The SMILES string of the molecule is Cc1ccc(N(C(=N)c2ccncc2C)C(=O)NC2CCN(C)CC2)cc1. The van der Waals surface area contributed by atoms with Crippen LogP contribution in [-0.2, 0) is 0 Å². The number of anilines is 1. The average Bonchev–Trinajstić information content (AvgIpc) is 2.65. The van der Waals surface area contributed by atoms with Gasteiger partial charge in [0, 0.05) is 24.0 Å². The number of piperidine rings is 1. The van der Waals surface area contributed by atoms with Crippen LogP contribution in [0.15, 0.2) is 42.7 Å². The van der Waals surface area contributed by atoms with Gasteiger partial charge >= 0.3 is 6.03 Å². The highest BCUT2D eigenvalue weighted by molar-refractivity contribution is 6.22. The van der Waals surface area contributed by atoms with Gasteiger partial charge in [-0.1, -0.05) is 17.7 Å². The first-order valence-corrected chi connectivity index (χ1v) is 9.31. The van der Waals surface area contributed by atoms with E-state index in [1.54, 1.807) is 18.5 Å². The molecular weight excluding hydrogens is 338 g/mol. The molecule has 1 aliphatic rings. The van der Waals surface area contributed by atoms with Gasteiger partial charge in [0.25, 0.3) is 0 Å². The third-order valence-corrected chi connectivity index (χ3v) is 5.04. The van der Waals surface area contributed by atoms with Crippen molar-refractivity contribution in [2.75, 3.05) is 25.0 Å². The van der Waals surface area contributed by atoms with Crippen LogP contribution >= 0.6 is 0 Å². The van der Waals surface area contributed by atoms with E-state index in [2.05, 4.69) is 22.2 Å². The van der Waals surface area contributed by atoms with Gasteiger partial charge in [0.15, 0.2) is 0 Å². The number of aromatic nitrogens is 1. The molecule has 1 aliphatic heterocycles. The van der Waals surface area contributed by atoms with Crippen molar-refractivity contribution in [1.82, 2.24) is 15.2 Å². The van der Waals surface area contributed by atoms with Gasteiger partial charge in [0.05, 0.1) is 5.69 Å². The lowest BCUT2D eigenvalue weighted by atomic mass is 10.1. The van der Waals surface area contributed by atoms with Gasteiger partial charge in [-0.25, -0.2) is 9.69 Å². The molecule has 6 heteroatoms. The van der Waals surface area contributed by atoms with Gasteiger partial charge in [0.2, 0.25) is 0 Å². The minimum absolute atomic E-state index is 0.132. The first-order chi connectivity index (χ1) is 13.0. The molecule has 27 heavy (non-hydrogen) atoms. The lowest BCUT2D eigenvalue weighted by Crippen LogP contribution is -2.50. The molecule has 6 nitrogen and oxygen atoms in total. The molecule has 1 aromatic heterocycles. The maximum atomic E-state index is 13.1. The number of nitrogens with one attached hydrogen (secondary N) is 2. The van der Waals surface area contributed by atoms with Gasteiger partial charge < -0.3 is 10.2 Å². The van der Waals surface area contributed by atoms with Crippen LogP contribution in [0.3, 0.4) is 0 Å². The van der Waals surface area contributed by atoms with E-state index in [4.69, 9.17) is 5.41 Å². The average molecular weight is 365 g/mol. The molecule has 0 atom stereocenters. The maximum Gasteiger partial charge on any atom is 0.327 e. The van der Waals surface area contributed by atoms with Crippen LogP contribution in [0, 0.1) is 19.3 Å². The van der Waals surface area contributed by atoms with Crippen molar-refractivity contribution in [2.24, 2.45) is 0 Å². The minimum Gasteiger partial charge on any atom is -0.335 e. The molecule has 142 valence electrons. The Labute approximate surface area is 160 Å². The Bertz CT molecular complexity index is 810. The number of hydrogen-bond acceptors (Lipinski definition) is 4. The number of benzene rings is 1. The number of amides is 2. The van der Waals surface area contributed by atoms with Gasteiger partial charge in [-0.3, -0.25) is 10.4 Å². The van der Waals surface area contributed by atoms with Gasteiger partial charge in [0.1, 0.15) is 5.84 Å². The van der Waals surface area contributed by atoms with Crippen LogP contribution < -0.4 is 10.2 Å². The van der Waals surface area contributed by atoms with E-state index >= 15 is 0 Å². The summed E-state index contributed by atoms with van der Waals surface area (Å²) in [6, 6.07) is 9.34. The van der Waals surface area contributed by atoms with Gasteiger partial charge in [-0.15, -0.1) is 0 Å². The fourth-order valence-corrected chi connectivity index (χ4v) is 3.29. The highest BCUT2D eigenvalue weighted by Gasteiger charge is 2.26. The molecule has 0 spiro atoms. The number of carbonyl (C=O) groups is 1. The number of carbonyl (C=O) groups excluding carboxylic acids is 1. The number of likely N-dealkylation sites (tertiary alicyclic amines) is 1. The van der Waals surface area contributed by atoms with Crippen LogP contribution in [0.25, 0.3) is 0 Å². The Morgan fingerprint density at radius 2 is 1.85 bits per heavy atom. The van der Waals surface area contributed by atoms with Crippen molar-refractivity contribution in [3.05, 3.63) is 59.4 Å². The first kappa shape index (κ1) is 19.0. The Kier molecular flexibility index (Phi) is 5.86. The number of hydrogen-bond donors (Lipinski definition) is 2. The van der Waals surface area contributed by atoms with E-state index in [1.807, 2.05) is 38.1 Å². The zero-order chi connectivity index (χ0) is 19.4. The predicted molar refractivity (Wildman–Crippen MR) is 109 cm³/mol. The molecule has 2 heterocycles. The fourth-order valence-electron chi connectivity index (χ4n) is 3.29. The fraction of sp³-hybridized carbons (Fsp3) is 0.381. The van der Waals surface area contributed by atoms with Crippen LogP contribution in [-0.4, -0.2) is 47.9 Å². The summed E-state index contributed by atoms with van der Waals surface area (Å²) >= 11 is 0. The van der Waals surface area contributed by atoms with E-state index in [-0.39, 0.29) is 17.9 Å². The van der Waals surface area contributed by atoms with E-state index in [9.17, 15) is 4.79 Å². The zero-order valence-corrected chi connectivity index (χ0v) is 16.2. The molecule has 0 bridgehead atoms. The van der Waals surface area contributed by atoms with Crippen molar-refractivity contribution in [3.8, 4) is 0 Å². The van der Waals surface area contributed by atoms with Crippen molar-refractivity contribution >= 4 is 17.6 Å². The molecule has 1 aromatic carbocycles. The topological polar surface area (TPSA) is 72.3 Å². The van der Waals surface area contributed by atoms with E-state index in [0.29, 0.717) is 11.3 Å². The second-order valence-corrected chi connectivity index (χ2v) is 7.24. The summed E-state index contributed by atoms with van der Waals surface area (Å²) in [5, 5.41) is 11.9. The van der Waals surface area contributed by atoms with Crippen molar-refractivity contribution in [3.63, 3.8) is 0 Å². The molecule has 2 amide bonds. The molecule has 0 unspecified atom stereocenters. The Balaban J connectivity index is 1.87. The lowest BCUT2D eigenvalue weighted by Gasteiger charge is -2.32. The number of amidine groups is 1. The Hall–Kier alpha value is -2.73. The molecule has 0 aliphatic carbocycles. The van der Waals surface area contributed by atoms with Crippen LogP contribution in [0.4, 0.5) is 10.5 Å². The zero-order valence-electron chi connectivity index (χ0n) is 16.2. The van der Waals surface area contributed by atoms with Gasteiger partial charge in [-0.2, -0.15) is 0 Å². The second-order valence-electron chi connectivity index (χ2n) is 7.24. The number of urea groups is 1. The minimum atomic E-state index is -0.255. The summed E-state index contributed by atoms with van der Waals surface area (Å²) < 4.78 is 0. The highest BCUT2D eigenvalue weighted by Crippen LogP contribution is 2.20. The summed E-state index contributed by atoms with van der Waals surface area (Å²) in [4.78, 5) is 21.0. The number of aryl methyl sites for hydroxylation is 2. The third-order valence-electron chi connectivity index (χ3n) is 5.04. The molecule has 0 saturated carbocycles. The largest absolute Gasteiger partial charge is 0.335 e. The van der Waals surface area contributed by atoms with Crippen molar-refractivity contribution in [1.29, 1.82) is 5.41 Å². The smallest absolute Gasteiger partial charge is 0.327 e. The molecule has 3 rings (SSSR count). The number of nitrogens with zero attached hydrogens (tertiary/aromatic N) is 3. The van der Waals surface area contributed by atoms with E-state index in [0.717, 1.165) is 37.1 Å². The van der Waals surface area contributed by atoms with E-state index < -0.39 is 0 Å². The number of rotatable bonds is 3. The summed E-state index contributed by atoms with van der Waals surface area (Å²) in [5.74, 6) is 0.157. The normalized spacial score (nSPS) is 15.4. The predicted octanol–water partition coefficient (Wildman–Crippen LogP) is 3.33. The van der Waals surface area contributed by atoms with Crippen LogP contribution in [0.1, 0.15) is 29.5 Å². The summed E-state index contributed by atoms with van der Waals surface area (Å²) in [6.45, 7) is 5.84. The molecule has 1 saturated heterocycles. The Morgan fingerprint density at radius 1 is 1.19 bits per heavy atom. The lowest BCUT2D eigenvalue weighted by molar-refractivity contribution is 0.219. The van der Waals surface area contributed by atoms with E-state index in [1.165, 1.54) is 4.90 Å². The molecule has 0 radical (unpaired) electrons. The quantitative estimate of drug-likeness (QED) is 0.647. The van der Waals surface area contributed by atoms with Gasteiger partial charge in [-0.05, 0) is 70.6 Å².